The highest BCUT2D eigenvalue weighted by molar-refractivity contribution is 5.99. The summed E-state index contributed by atoms with van der Waals surface area (Å²) in [6, 6.07) is 10.9. The maximum Gasteiger partial charge on any atom is 0.408 e. The van der Waals surface area contributed by atoms with Gasteiger partial charge in [0.1, 0.15) is 35.7 Å². The number of methoxy groups -OCH3 is 1. The molecule has 2 aromatic carbocycles. The van der Waals surface area contributed by atoms with Crippen molar-refractivity contribution in [1.82, 2.24) is 10.2 Å². The minimum absolute atomic E-state index is 0.143. The number of phenols is 1. The van der Waals surface area contributed by atoms with Crippen LogP contribution in [0.4, 0.5) is 10.5 Å². The van der Waals surface area contributed by atoms with Crippen molar-refractivity contribution in [2.75, 3.05) is 19.0 Å². The molecule has 0 spiro atoms. The smallest absolute Gasteiger partial charge is 0.408 e. The van der Waals surface area contributed by atoms with E-state index in [-0.39, 0.29) is 17.2 Å². The second kappa shape index (κ2) is 13.5. The third-order valence-corrected chi connectivity index (χ3v) is 6.16. The Labute approximate surface area is 229 Å². The van der Waals surface area contributed by atoms with Crippen LogP contribution in [0.3, 0.4) is 0 Å². The van der Waals surface area contributed by atoms with E-state index in [2.05, 4.69) is 10.6 Å². The number of aryl methyl sites for hydroxylation is 1. The Bertz CT molecular complexity index is 1200. The number of rotatable bonds is 10. The van der Waals surface area contributed by atoms with Crippen molar-refractivity contribution in [3.63, 3.8) is 0 Å². The largest absolute Gasteiger partial charge is 0.507 e. The number of ether oxygens (including phenoxy) is 2. The fourth-order valence-corrected chi connectivity index (χ4v) is 3.91. The van der Waals surface area contributed by atoms with Gasteiger partial charge < -0.3 is 30.1 Å². The van der Waals surface area contributed by atoms with E-state index < -0.39 is 42.1 Å². The summed E-state index contributed by atoms with van der Waals surface area (Å²) < 4.78 is 10.5. The van der Waals surface area contributed by atoms with Gasteiger partial charge in [0.2, 0.25) is 5.91 Å². The Morgan fingerprint density at radius 2 is 1.77 bits per heavy atom. The zero-order valence-electron chi connectivity index (χ0n) is 23.6. The zero-order valence-corrected chi connectivity index (χ0v) is 23.6. The zero-order chi connectivity index (χ0) is 29.3. The van der Waals surface area contributed by atoms with Crippen molar-refractivity contribution in [3.8, 4) is 17.6 Å². The molecule has 0 saturated carbocycles. The van der Waals surface area contributed by atoms with Crippen LogP contribution in [-0.2, 0) is 14.3 Å². The highest BCUT2D eigenvalue weighted by atomic mass is 16.6. The van der Waals surface area contributed by atoms with Gasteiger partial charge >= 0.3 is 6.09 Å². The van der Waals surface area contributed by atoms with E-state index in [1.165, 1.54) is 13.2 Å². The Morgan fingerprint density at radius 3 is 2.31 bits per heavy atom. The molecule has 0 radical (unpaired) electrons. The second-order valence-electron chi connectivity index (χ2n) is 10.3. The molecular formula is C29H38N4O6. The van der Waals surface area contributed by atoms with Gasteiger partial charge in [0.15, 0.2) is 0 Å². The van der Waals surface area contributed by atoms with Gasteiger partial charge in [-0.25, -0.2) is 4.79 Å². The monoisotopic (exact) mass is 538 g/mol. The maximum atomic E-state index is 14.0. The predicted octanol–water partition coefficient (Wildman–Crippen LogP) is 4.68. The average Bonchev–Trinajstić information content (AvgIpc) is 2.88. The molecule has 0 aliphatic carbocycles. The number of nitriles is 1. The van der Waals surface area contributed by atoms with Crippen LogP contribution >= 0.6 is 0 Å². The molecule has 3 N–H and O–H groups in total. The molecule has 3 amide bonds. The van der Waals surface area contributed by atoms with Gasteiger partial charge in [-0.1, -0.05) is 38.5 Å². The molecule has 3 atom stereocenters. The molecule has 0 bridgehead atoms. The van der Waals surface area contributed by atoms with Gasteiger partial charge in [-0.05, 0) is 63.4 Å². The molecule has 0 aromatic heterocycles. The number of amides is 3. The third-order valence-electron chi connectivity index (χ3n) is 6.16. The number of alkyl carbamates (subject to hydrolysis) is 1. The summed E-state index contributed by atoms with van der Waals surface area (Å²) in [6.45, 7) is 9.94. The molecule has 0 heterocycles. The van der Waals surface area contributed by atoms with Crippen LogP contribution in [0, 0.1) is 24.2 Å². The van der Waals surface area contributed by atoms with Crippen LogP contribution in [0.5, 0.6) is 11.5 Å². The van der Waals surface area contributed by atoms with Gasteiger partial charge in [0.25, 0.3) is 5.91 Å². The van der Waals surface area contributed by atoms with Crippen LogP contribution in [0.1, 0.15) is 58.2 Å². The highest BCUT2D eigenvalue weighted by Gasteiger charge is 2.39. The molecule has 10 nitrogen and oxygen atoms in total. The second-order valence-corrected chi connectivity index (χ2v) is 10.3. The molecule has 3 unspecified atom stereocenters. The van der Waals surface area contributed by atoms with Gasteiger partial charge in [-0.15, -0.1) is 0 Å². The van der Waals surface area contributed by atoms with E-state index in [0.29, 0.717) is 23.4 Å². The van der Waals surface area contributed by atoms with Crippen LogP contribution in [0.2, 0.25) is 0 Å². The lowest BCUT2D eigenvalue weighted by Crippen LogP contribution is -2.54. The van der Waals surface area contributed by atoms with E-state index in [1.54, 1.807) is 71.0 Å². The highest BCUT2D eigenvalue weighted by Crippen LogP contribution is 2.33. The van der Waals surface area contributed by atoms with Crippen molar-refractivity contribution in [1.29, 1.82) is 5.26 Å². The summed E-state index contributed by atoms with van der Waals surface area (Å²) in [6.07, 6.45) is -0.277. The molecule has 0 fully saturated rings. The summed E-state index contributed by atoms with van der Waals surface area (Å²) in [4.78, 5) is 41.5. The van der Waals surface area contributed by atoms with Gasteiger partial charge in [-0.3, -0.25) is 9.59 Å². The minimum atomic E-state index is -1.38. The summed E-state index contributed by atoms with van der Waals surface area (Å²) in [5, 5.41) is 26.0. The quantitative estimate of drug-likeness (QED) is 0.373. The number of nitrogens with one attached hydrogen (secondary N) is 2. The number of hydrogen-bond donors (Lipinski definition) is 3. The lowest BCUT2D eigenvalue weighted by atomic mass is 9.95. The summed E-state index contributed by atoms with van der Waals surface area (Å²) >= 11 is 0. The average molecular weight is 539 g/mol. The van der Waals surface area contributed by atoms with Gasteiger partial charge in [0, 0.05) is 11.3 Å². The molecule has 210 valence electrons. The van der Waals surface area contributed by atoms with E-state index in [1.807, 2.05) is 13.0 Å². The maximum absolute atomic E-state index is 14.0. The first-order chi connectivity index (χ1) is 18.3. The fraction of sp³-hybridized carbons (Fsp3) is 0.448. The fourth-order valence-electron chi connectivity index (χ4n) is 3.91. The lowest BCUT2D eigenvalue weighted by Gasteiger charge is -2.35. The number of nitrogens with zero attached hydrogens (tertiary/aromatic N) is 2. The van der Waals surface area contributed by atoms with Crippen molar-refractivity contribution in [2.24, 2.45) is 5.92 Å². The molecule has 2 aromatic rings. The van der Waals surface area contributed by atoms with Crippen molar-refractivity contribution < 1.29 is 29.0 Å². The molecule has 2 rings (SSSR count). The van der Waals surface area contributed by atoms with Crippen molar-refractivity contribution in [2.45, 2.75) is 65.6 Å². The molecule has 0 aliphatic rings. The van der Waals surface area contributed by atoms with E-state index in [4.69, 9.17) is 9.47 Å². The van der Waals surface area contributed by atoms with Crippen LogP contribution in [0.25, 0.3) is 0 Å². The third kappa shape index (κ3) is 8.37. The van der Waals surface area contributed by atoms with Crippen molar-refractivity contribution in [3.05, 3.63) is 53.6 Å². The van der Waals surface area contributed by atoms with E-state index in [0.717, 1.165) is 4.90 Å². The predicted molar refractivity (Wildman–Crippen MR) is 147 cm³/mol. The van der Waals surface area contributed by atoms with E-state index in [9.17, 15) is 24.8 Å². The van der Waals surface area contributed by atoms with Crippen LogP contribution in [-0.4, -0.2) is 53.2 Å². The Hall–Kier alpha value is -4.26. The summed E-state index contributed by atoms with van der Waals surface area (Å²) in [5.74, 6) is -1.25. The molecular weight excluding hydrogens is 500 g/mol. The molecule has 0 aliphatic heterocycles. The summed E-state index contributed by atoms with van der Waals surface area (Å²) in [5.41, 5.74) is 0.259. The van der Waals surface area contributed by atoms with Gasteiger partial charge in [-0.2, -0.15) is 5.26 Å². The molecule has 0 saturated heterocycles. The standard InChI is InChI=1S/C29H38N4O6/c1-8-18(2)23(32-28(37)39-29(4,5)6)27(36)33(17-16-30)24(22-11-9-10-19(3)25(22)34)26(35)31-20-12-14-21(38-7)15-13-20/h9-15,18,23-24,34H,8,17H2,1-7H3,(H,31,35)(H,32,37). The number of carbonyl (C=O) groups excluding carboxylic acids is 3. The first-order valence-electron chi connectivity index (χ1n) is 12.7. The number of benzene rings is 2. The normalized spacial score (nSPS) is 13.3. The molecule has 39 heavy (non-hydrogen) atoms. The van der Waals surface area contributed by atoms with E-state index >= 15 is 0 Å². The summed E-state index contributed by atoms with van der Waals surface area (Å²) in [7, 11) is 1.52. The molecule has 10 heteroatoms. The number of carbonyl (C=O) groups is 3. The lowest BCUT2D eigenvalue weighted by molar-refractivity contribution is -0.141. The Balaban J connectivity index is 2.57. The Morgan fingerprint density at radius 1 is 1.13 bits per heavy atom. The number of phenolic OH excluding ortho intramolecular Hbond substituents is 1. The SMILES string of the molecule is CCC(C)C(NC(=O)OC(C)(C)C)C(=O)N(CC#N)C(C(=O)Nc1ccc(OC)cc1)c1cccc(C)c1O. The van der Waals surface area contributed by atoms with Crippen molar-refractivity contribution >= 4 is 23.6 Å². The number of hydrogen-bond acceptors (Lipinski definition) is 7. The van der Waals surface area contributed by atoms with Crippen LogP contribution < -0.4 is 15.4 Å². The number of aromatic hydroxyl groups is 1. The number of para-hydroxylation sites is 1. The first-order valence-corrected chi connectivity index (χ1v) is 12.7. The minimum Gasteiger partial charge on any atom is -0.507 e. The number of anilines is 1. The Kier molecular flexibility index (Phi) is 10.7. The topological polar surface area (TPSA) is 141 Å². The van der Waals surface area contributed by atoms with Crippen LogP contribution in [0.15, 0.2) is 42.5 Å². The van der Waals surface area contributed by atoms with Gasteiger partial charge in [0.05, 0.1) is 13.2 Å². The first kappa shape index (κ1) is 31.0.